The Morgan fingerprint density at radius 1 is 0.955 bits per heavy atom. The van der Waals surface area contributed by atoms with Crippen molar-refractivity contribution in [3.05, 3.63) is 75.5 Å². The number of ether oxygens (including phenoxy) is 2. The van der Waals surface area contributed by atoms with Gasteiger partial charge in [0.05, 0.1) is 24.7 Å². The van der Waals surface area contributed by atoms with Gasteiger partial charge < -0.3 is 9.47 Å². The van der Waals surface area contributed by atoms with E-state index >= 15 is 0 Å². The van der Waals surface area contributed by atoms with Crippen LogP contribution in [0.5, 0.6) is 11.5 Å². The molecule has 2 aromatic rings. The standard InChI is InChI=1S/C17H17NO4/c1-12(18(19)20)17(13-7-5-4-6-8-13)14-9-10-15(21-2)16(11-14)22-3/h4-11H,1-3H3/b17-12+. The summed E-state index contributed by atoms with van der Waals surface area (Å²) in [4.78, 5) is 10.9. The van der Waals surface area contributed by atoms with Crippen molar-refractivity contribution in [1.82, 2.24) is 0 Å². The summed E-state index contributed by atoms with van der Waals surface area (Å²) in [5, 5.41) is 11.3. The van der Waals surface area contributed by atoms with Crippen molar-refractivity contribution in [1.29, 1.82) is 0 Å². The third-order valence-electron chi connectivity index (χ3n) is 3.37. The van der Waals surface area contributed by atoms with Crippen molar-refractivity contribution in [3.63, 3.8) is 0 Å². The summed E-state index contributed by atoms with van der Waals surface area (Å²) in [6.07, 6.45) is 0. The summed E-state index contributed by atoms with van der Waals surface area (Å²) in [7, 11) is 3.08. The highest BCUT2D eigenvalue weighted by molar-refractivity contribution is 5.81. The van der Waals surface area contributed by atoms with E-state index in [2.05, 4.69) is 0 Å². The smallest absolute Gasteiger partial charge is 0.251 e. The molecule has 0 spiro atoms. The Morgan fingerprint density at radius 2 is 1.59 bits per heavy atom. The minimum atomic E-state index is -0.376. The van der Waals surface area contributed by atoms with Crippen LogP contribution in [0.15, 0.2) is 54.2 Å². The maximum absolute atomic E-state index is 11.3. The van der Waals surface area contributed by atoms with E-state index < -0.39 is 0 Å². The summed E-state index contributed by atoms with van der Waals surface area (Å²) >= 11 is 0. The van der Waals surface area contributed by atoms with Crippen molar-refractivity contribution in [2.45, 2.75) is 6.92 Å². The van der Waals surface area contributed by atoms with E-state index in [1.807, 2.05) is 30.3 Å². The average molecular weight is 299 g/mol. The SMILES string of the molecule is COc1ccc(/C(=C(\C)[N+](=O)[O-])c2ccccc2)cc1OC. The molecule has 0 saturated carbocycles. The van der Waals surface area contributed by atoms with Gasteiger partial charge in [-0.15, -0.1) is 0 Å². The van der Waals surface area contributed by atoms with Crippen LogP contribution in [0, 0.1) is 10.1 Å². The summed E-state index contributed by atoms with van der Waals surface area (Å²) < 4.78 is 10.5. The molecule has 0 aliphatic carbocycles. The predicted molar refractivity (Wildman–Crippen MR) is 84.7 cm³/mol. The Kier molecular flexibility index (Phi) is 4.78. The number of methoxy groups -OCH3 is 2. The quantitative estimate of drug-likeness (QED) is 0.623. The second kappa shape index (κ2) is 6.76. The second-order valence-electron chi connectivity index (χ2n) is 4.65. The van der Waals surface area contributed by atoms with Crippen LogP contribution in [-0.2, 0) is 0 Å². The molecule has 2 rings (SSSR count). The highest BCUT2D eigenvalue weighted by atomic mass is 16.6. The molecular weight excluding hydrogens is 282 g/mol. The van der Waals surface area contributed by atoms with Crippen LogP contribution in [0.25, 0.3) is 5.57 Å². The van der Waals surface area contributed by atoms with Gasteiger partial charge in [0, 0.05) is 6.92 Å². The highest BCUT2D eigenvalue weighted by Crippen LogP contribution is 2.34. The third kappa shape index (κ3) is 3.09. The molecule has 0 aliphatic heterocycles. The lowest BCUT2D eigenvalue weighted by atomic mass is 9.96. The Balaban J connectivity index is 2.66. The van der Waals surface area contributed by atoms with Crippen LogP contribution in [0.1, 0.15) is 18.1 Å². The predicted octanol–water partition coefficient (Wildman–Crippen LogP) is 3.76. The molecular formula is C17H17NO4. The normalized spacial score (nSPS) is 11.6. The molecule has 0 atom stereocenters. The lowest BCUT2D eigenvalue weighted by molar-refractivity contribution is -0.423. The minimum absolute atomic E-state index is 0.0819. The Labute approximate surface area is 129 Å². The zero-order chi connectivity index (χ0) is 16.1. The number of hydrogen-bond donors (Lipinski definition) is 0. The van der Waals surface area contributed by atoms with E-state index in [0.717, 1.165) is 5.56 Å². The van der Waals surface area contributed by atoms with E-state index in [1.54, 1.807) is 25.3 Å². The monoisotopic (exact) mass is 299 g/mol. The van der Waals surface area contributed by atoms with Gasteiger partial charge in [0.15, 0.2) is 11.5 Å². The third-order valence-corrected chi connectivity index (χ3v) is 3.37. The first-order chi connectivity index (χ1) is 10.6. The Morgan fingerprint density at radius 3 is 2.14 bits per heavy atom. The Bertz CT molecular complexity index is 708. The zero-order valence-corrected chi connectivity index (χ0v) is 12.7. The van der Waals surface area contributed by atoms with Crippen molar-refractivity contribution < 1.29 is 14.4 Å². The van der Waals surface area contributed by atoms with Gasteiger partial charge in [0.2, 0.25) is 0 Å². The van der Waals surface area contributed by atoms with Crippen LogP contribution < -0.4 is 9.47 Å². The van der Waals surface area contributed by atoms with Crippen LogP contribution in [0.4, 0.5) is 0 Å². The fraction of sp³-hybridized carbons (Fsp3) is 0.176. The first kappa shape index (κ1) is 15.6. The summed E-state index contributed by atoms with van der Waals surface area (Å²) in [6, 6.07) is 14.5. The molecule has 2 aromatic carbocycles. The van der Waals surface area contributed by atoms with Crippen LogP contribution in [-0.4, -0.2) is 19.1 Å². The minimum Gasteiger partial charge on any atom is -0.493 e. The zero-order valence-electron chi connectivity index (χ0n) is 12.7. The largest absolute Gasteiger partial charge is 0.493 e. The second-order valence-corrected chi connectivity index (χ2v) is 4.65. The first-order valence-electron chi connectivity index (χ1n) is 6.71. The van der Waals surface area contributed by atoms with Gasteiger partial charge in [-0.25, -0.2) is 0 Å². The van der Waals surface area contributed by atoms with Crippen molar-refractivity contribution >= 4 is 5.57 Å². The molecule has 0 fully saturated rings. The van der Waals surface area contributed by atoms with Crippen molar-refractivity contribution in [2.24, 2.45) is 0 Å². The number of rotatable bonds is 5. The summed E-state index contributed by atoms with van der Waals surface area (Å²) in [5.74, 6) is 1.11. The molecule has 0 heterocycles. The maximum Gasteiger partial charge on any atom is 0.251 e. The van der Waals surface area contributed by atoms with Gasteiger partial charge in [-0.05, 0) is 23.3 Å². The van der Waals surface area contributed by atoms with Crippen LogP contribution in [0.3, 0.4) is 0 Å². The molecule has 114 valence electrons. The molecule has 0 saturated heterocycles. The van der Waals surface area contributed by atoms with Crippen LogP contribution >= 0.6 is 0 Å². The number of allylic oxidation sites excluding steroid dienone is 1. The van der Waals surface area contributed by atoms with Gasteiger partial charge in [-0.3, -0.25) is 10.1 Å². The fourth-order valence-corrected chi connectivity index (χ4v) is 2.27. The Hall–Kier alpha value is -2.82. The molecule has 0 bridgehead atoms. The molecule has 0 radical (unpaired) electrons. The molecule has 22 heavy (non-hydrogen) atoms. The lowest BCUT2D eigenvalue weighted by Crippen LogP contribution is -2.01. The fourth-order valence-electron chi connectivity index (χ4n) is 2.27. The average Bonchev–Trinajstić information content (AvgIpc) is 2.55. The summed E-state index contributed by atoms with van der Waals surface area (Å²) in [5.41, 5.74) is 2.13. The molecule has 5 heteroatoms. The van der Waals surface area contributed by atoms with E-state index in [4.69, 9.17) is 9.47 Å². The number of nitrogens with zero attached hydrogens (tertiary/aromatic N) is 1. The highest BCUT2D eigenvalue weighted by Gasteiger charge is 2.18. The topological polar surface area (TPSA) is 61.6 Å². The molecule has 0 amide bonds. The first-order valence-corrected chi connectivity index (χ1v) is 6.71. The number of hydrogen-bond acceptors (Lipinski definition) is 4. The van der Waals surface area contributed by atoms with E-state index in [-0.39, 0.29) is 10.6 Å². The maximum atomic E-state index is 11.3. The molecule has 0 aromatic heterocycles. The molecule has 0 N–H and O–H groups in total. The van der Waals surface area contributed by atoms with Gasteiger partial charge >= 0.3 is 0 Å². The number of benzene rings is 2. The van der Waals surface area contributed by atoms with Crippen LogP contribution in [0.2, 0.25) is 0 Å². The van der Waals surface area contributed by atoms with Gasteiger partial charge in [-0.2, -0.15) is 0 Å². The molecule has 0 unspecified atom stereocenters. The van der Waals surface area contributed by atoms with E-state index in [9.17, 15) is 10.1 Å². The van der Waals surface area contributed by atoms with Gasteiger partial charge in [0.25, 0.3) is 5.70 Å². The van der Waals surface area contributed by atoms with E-state index in [1.165, 1.54) is 14.0 Å². The van der Waals surface area contributed by atoms with Crippen molar-refractivity contribution in [3.8, 4) is 11.5 Å². The van der Waals surface area contributed by atoms with E-state index in [0.29, 0.717) is 22.6 Å². The molecule has 5 nitrogen and oxygen atoms in total. The summed E-state index contributed by atoms with van der Waals surface area (Å²) in [6.45, 7) is 1.50. The lowest BCUT2D eigenvalue weighted by Gasteiger charge is -2.12. The number of nitro groups is 1. The van der Waals surface area contributed by atoms with Gasteiger partial charge in [-0.1, -0.05) is 36.4 Å². The van der Waals surface area contributed by atoms with Gasteiger partial charge in [0.1, 0.15) is 0 Å². The van der Waals surface area contributed by atoms with Crippen molar-refractivity contribution in [2.75, 3.05) is 14.2 Å². The molecule has 0 aliphatic rings.